The molecule has 1 fully saturated rings. The molecule has 0 saturated carbocycles. The minimum Gasteiger partial charge on any atom is -0.382 e. The number of rotatable bonds is 13. The molecular formula is C29H32N5O6PS2. The largest absolute Gasteiger partial charge is 0.382 e. The molecule has 2 N–H and O–H groups in total. The predicted octanol–water partition coefficient (Wildman–Crippen LogP) is 5.71. The zero-order valence-electron chi connectivity index (χ0n) is 23.5. The highest BCUT2D eigenvalue weighted by atomic mass is 32.2. The van der Waals surface area contributed by atoms with Crippen LogP contribution in [0.3, 0.4) is 0 Å². The Hall–Kier alpha value is -3.06. The summed E-state index contributed by atoms with van der Waals surface area (Å²) in [7, 11) is -3.63. The van der Waals surface area contributed by atoms with Crippen molar-refractivity contribution in [2.75, 3.05) is 36.6 Å². The van der Waals surface area contributed by atoms with Crippen LogP contribution in [0.1, 0.15) is 40.3 Å². The molecule has 0 spiro atoms. The summed E-state index contributed by atoms with van der Waals surface area (Å²) in [5.74, 6) is 0.739. The molecule has 4 aromatic rings. The number of aromatic nitrogens is 4. The van der Waals surface area contributed by atoms with Crippen LogP contribution >= 0.6 is 31.1 Å². The van der Waals surface area contributed by atoms with E-state index in [-0.39, 0.29) is 47.4 Å². The lowest BCUT2D eigenvalue weighted by atomic mass is 10.0. The van der Waals surface area contributed by atoms with Gasteiger partial charge in [-0.3, -0.25) is 18.7 Å². The first-order chi connectivity index (χ1) is 20.8. The molecule has 5 rings (SSSR count). The summed E-state index contributed by atoms with van der Waals surface area (Å²) in [5.41, 5.74) is 8.17. The van der Waals surface area contributed by atoms with Crippen LogP contribution in [0, 0.1) is 5.92 Å². The third-order valence-electron chi connectivity index (χ3n) is 6.92. The van der Waals surface area contributed by atoms with Gasteiger partial charge < -0.3 is 19.5 Å². The molecule has 3 unspecified atom stereocenters. The van der Waals surface area contributed by atoms with E-state index >= 15 is 0 Å². The molecule has 11 nitrogen and oxygen atoms in total. The number of nitrogen functional groups attached to an aromatic ring is 1. The number of nitrogens with zero attached hydrogens (tertiary/aromatic N) is 4. The average molecular weight is 642 g/mol. The van der Waals surface area contributed by atoms with Crippen LogP contribution in [-0.2, 0) is 18.3 Å². The first-order valence-corrected chi connectivity index (χ1v) is 17.4. The Morgan fingerprint density at radius 1 is 0.953 bits per heavy atom. The number of fused-ring (bicyclic) bond motifs is 1. The van der Waals surface area contributed by atoms with E-state index in [9.17, 15) is 14.2 Å². The third-order valence-corrected chi connectivity index (χ3v) is 10.7. The summed E-state index contributed by atoms with van der Waals surface area (Å²) in [6, 6.07) is 17.9. The maximum absolute atomic E-state index is 14.0. The number of nitrogens with two attached hydrogens (primary N) is 1. The highest BCUT2D eigenvalue weighted by molar-refractivity contribution is 8.14. The first kappa shape index (κ1) is 31.4. The Morgan fingerprint density at radius 2 is 1.53 bits per heavy atom. The van der Waals surface area contributed by atoms with Gasteiger partial charge in [0, 0.05) is 28.6 Å². The highest BCUT2D eigenvalue weighted by Crippen LogP contribution is 2.53. The Kier molecular flexibility index (Phi) is 10.7. The molecule has 1 saturated heterocycles. The van der Waals surface area contributed by atoms with Gasteiger partial charge in [-0.1, -0.05) is 84.2 Å². The van der Waals surface area contributed by atoms with Crippen molar-refractivity contribution in [3.8, 4) is 0 Å². The maximum atomic E-state index is 14.0. The van der Waals surface area contributed by atoms with Crippen LogP contribution in [0.2, 0.25) is 0 Å². The van der Waals surface area contributed by atoms with Gasteiger partial charge in [0.05, 0.1) is 31.8 Å². The second kappa shape index (κ2) is 14.6. The van der Waals surface area contributed by atoms with E-state index in [1.54, 1.807) is 59.4 Å². The van der Waals surface area contributed by atoms with E-state index in [2.05, 4.69) is 15.0 Å². The molecular weight excluding hydrogens is 609 g/mol. The monoisotopic (exact) mass is 641 g/mol. The van der Waals surface area contributed by atoms with Gasteiger partial charge in [0.15, 0.2) is 11.5 Å². The van der Waals surface area contributed by atoms with Crippen LogP contribution in [0.15, 0.2) is 73.3 Å². The molecule has 0 bridgehead atoms. The van der Waals surface area contributed by atoms with E-state index < -0.39 is 13.8 Å². The third kappa shape index (κ3) is 8.11. The van der Waals surface area contributed by atoms with Crippen molar-refractivity contribution in [1.29, 1.82) is 0 Å². The van der Waals surface area contributed by atoms with Gasteiger partial charge in [0.25, 0.3) is 0 Å². The summed E-state index contributed by atoms with van der Waals surface area (Å²) in [4.78, 5) is 37.6. The van der Waals surface area contributed by atoms with Crippen molar-refractivity contribution in [1.82, 2.24) is 19.5 Å². The van der Waals surface area contributed by atoms with E-state index in [1.807, 2.05) is 19.1 Å². The zero-order valence-corrected chi connectivity index (χ0v) is 26.0. The predicted molar refractivity (Wildman–Crippen MR) is 168 cm³/mol. The Labute approximate surface area is 257 Å². The van der Waals surface area contributed by atoms with Crippen LogP contribution in [-0.4, -0.2) is 66.7 Å². The van der Waals surface area contributed by atoms with Crippen LogP contribution in [0.5, 0.6) is 0 Å². The fourth-order valence-corrected chi connectivity index (χ4v) is 8.32. The maximum Gasteiger partial charge on any atom is 0.331 e. The standard InChI is InChI=1S/C29H32N5O6PS2/c1-20-23(16-24(40-20)34-19-33-25-26(30)31-18-32-27(25)34)17-41(37,38-12-14-42-28(35)21-8-4-2-5-9-21)39-13-15-43-29(36)22-10-6-3-7-11-22/h2-11,18-20,23-24H,12-17H2,1H3,(H2,30,31,32). The Morgan fingerprint density at radius 3 is 2.12 bits per heavy atom. The molecule has 43 heavy (non-hydrogen) atoms. The molecule has 226 valence electrons. The second-order valence-electron chi connectivity index (χ2n) is 9.84. The minimum absolute atomic E-state index is 0.0599. The second-order valence-corrected chi connectivity index (χ2v) is 14.1. The fourth-order valence-electron chi connectivity index (χ4n) is 4.71. The summed E-state index contributed by atoms with van der Waals surface area (Å²) >= 11 is 2.20. The molecule has 0 radical (unpaired) electrons. The summed E-state index contributed by atoms with van der Waals surface area (Å²) < 4.78 is 33.8. The number of hydrogen-bond donors (Lipinski definition) is 1. The number of carbonyl (C=O) groups is 2. The molecule has 3 atom stereocenters. The van der Waals surface area contributed by atoms with Gasteiger partial charge in [-0.15, -0.1) is 0 Å². The van der Waals surface area contributed by atoms with Gasteiger partial charge in [0.1, 0.15) is 18.1 Å². The van der Waals surface area contributed by atoms with Crippen molar-refractivity contribution in [3.05, 3.63) is 84.4 Å². The summed E-state index contributed by atoms with van der Waals surface area (Å²) in [5, 5.41) is -0.179. The number of ether oxygens (including phenoxy) is 1. The molecule has 2 aromatic heterocycles. The molecule has 2 aromatic carbocycles. The quantitative estimate of drug-likeness (QED) is 0.141. The van der Waals surface area contributed by atoms with Crippen LogP contribution < -0.4 is 5.73 Å². The smallest absolute Gasteiger partial charge is 0.331 e. The molecule has 3 heterocycles. The number of hydrogen-bond acceptors (Lipinski definition) is 12. The van der Waals surface area contributed by atoms with E-state index in [4.69, 9.17) is 19.5 Å². The highest BCUT2D eigenvalue weighted by Gasteiger charge is 2.40. The van der Waals surface area contributed by atoms with Gasteiger partial charge in [0.2, 0.25) is 10.2 Å². The van der Waals surface area contributed by atoms with Crippen LogP contribution in [0.25, 0.3) is 11.2 Å². The average Bonchev–Trinajstić information content (AvgIpc) is 3.62. The van der Waals surface area contributed by atoms with Crippen molar-refractivity contribution in [3.63, 3.8) is 0 Å². The number of carbonyl (C=O) groups excluding carboxylic acids is 2. The Balaban J connectivity index is 1.21. The van der Waals surface area contributed by atoms with E-state index in [0.29, 0.717) is 40.2 Å². The van der Waals surface area contributed by atoms with Gasteiger partial charge in [-0.05, 0) is 13.3 Å². The van der Waals surface area contributed by atoms with Crippen molar-refractivity contribution in [2.24, 2.45) is 5.92 Å². The minimum atomic E-state index is -3.63. The zero-order chi connectivity index (χ0) is 30.2. The number of anilines is 1. The number of imidazole rings is 1. The van der Waals surface area contributed by atoms with E-state index in [0.717, 1.165) is 23.5 Å². The lowest BCUT2D eigenvalue weighted by Crippen LogP contribution is -2.18. The van der Waals surface area contributed by atoms with Gasteiger partial charge >= 0.3 is 7.60 Å². The molecule has 0 amide bonds. The lowest BCUT2D eigenvalue weighted by Gasteiger charge is -2.22. The van der Waals surface area contributed by atoms with Crippen molar-refractivity contribution < 1.29 is 27.9 Å². The molecule has 1 aliphatic heterocycles. The SMILES string of the molecule is CC1OC(n2cnc3c(N)ncnc32)CC1CP(=O)(OCCSC(=O)c1ccccc1)OCCSC(=O)c1ccccc1. The molecule has 0 aliphatic carbocycles. The fraction of sp³-hybridized carbons (Fsp3) is 0.345. The van der Waals surface area contributed by atoms with E-state index in [1.165, 1.54) is 6.33 Å². The topological polar surface area (TPSA) is 149 Å². The van der Waals surface area contributed by atoms with Crippen molar-refractivity contribution >= 4 is 58.3 Å². The first-order valence-electron chi connectivity index (χ1n) is 13.7. The van der Waals surface area contributed by atoms with Gasteiger partial charge in [-0.25, -0.2) is 15.0 Å². The molecule has 1 aliphatic rings. The van der Waals surface area contributed by atoms with Crippen LogP contribution in [0.4, 0.5) is 5.82 Å². The normalized spacial score (nSPS) is 18.7. The van der Waals surface area contributed by atoms with Gasteiger partial charge in [-0.2, -0.15) is 0 Å². The number of thioether (sulfide) groups is 2. The Bertz CT molecular complexity index is 1530. The number of benzene rings is 2. The lowest BCUT2D eigenvalue weighted by molar-refractivity contribution is 0.00775. The summed E-state index contributed by atoms with van der Waals surface area (Å²) in [6.45, 7) is 2.04. The van der Waals surface area contributed by atoms with Crippen molar-refractivity contribution in [2.45, 2.75) is 25.7 Å². The molecule has 14 heteroatoms. The summed E-state index contributed by atoms with van der Waals surface area (Å²) in [6.07, 6.45) is 2.97.